The average molecular weight is 184 g/mol. The van der Waals surface area contributed by atoms with Crippen LogP contribution in [0, 0.1) is 17.8 Å². The van der Waals surface area contributed by atoms with Gasteiger partial charge in [0, 0.05) is 18.4 Å². The molecule has 1 rings (SSSR count). The third-order valence-corrected chi connectivity index (χ3v) is 2.75. The maximum atomic E-state index is 9.22. The van der Waals surface area contributed by atoms with Gasteiger partial charge < -0.3 is 9.84 Å². The third kappa shape index (κ3) is 2.55. The van der Waals surface area contributed by atoms with Crippen molar-refractivity contribution in [2.75, 3.05) is 13.2 Å². The van der Waals surface area contributed by atoms with Gasteiger partial charge >= 0.3 is 0 Å². The highest BCUT2D eigenvalue weighted by atomic mass is 16.5. The van der Waals surface area contributed by atoms with Crippen LogP contribution in [0.5, 0.6) is 0 Å². The summed E-state index contributed by atoms with van der Waals surface area (Å²) in [6.45, 7) is 9.07. The number of rotatable bonds is 4. The van der Waals surface area contributed by atoms with Gasteiger partial charge in [-0.05, 0) is 12.3 Å². The highest BCUT2D eigenvalue weighted by Crippen LogP contribution is 2.31. The summed E-state index contributed by atoms with van der Waals surface area (Å²) in [6, 6.07) is 0. The predicted molar refractivity (Wildman–Crippen MR) is 53.5 cm³/mol. The Labute approximate surface area is 80.6 Å². The monoisotopic (exact) mass is 184 g/mol. The van der Waals surface area contributed by atoms with E-state index in [1.807, 2.05) is 6.08 Å². The Morgan fingerprint density at radius 2 is 2.31 bits per heavy atom. The van der Waals surface area contributed by atoms with Crippen LogP contribution >= 0.6 is 0 Å². The zero-order chi connectivity index (χ0) is 9.84. The summed E-state index contributed by atoms with van der Waals surface area (Å²) in [5, 5.41) is 9.22. The van der Waals surface area contributed by atoms with Crippen molar-refractivity contribution >= 4 is 0 Å². The molecule has 1 aliphatic heterocycles. The number of hydrogen-bond donors (Lipinski definition) is 1. The molecule has 1 fully saturated rings. The minimum atomic E-state index is 0.216. The number of hydrogen-bond acceptors (Lipinski definition) is 2. The SMILES string of the molecule is C=C[C@H]1CO[C@H](CC(C)C)[C@H]1CO. The second-order valence-corrected chi connectivity index (χ2v) is 4.25. The van der Waals surface area contributed by atoms with E-state index < -0.39 is 0 Å². The van der Waals surface area contributed by atoms with Gasteiger partial charge in [0.15, 0.2) is 0 Å². The molecule has 1 aliphatic rings. The summed E-state index contributed by atoms with van der Waals surface area (Å²) in [7, 11) is 0. The van der Waals surface area contributed by atoms with Crippen molar-refractivity contribution in [3.8, 4) is 0 Å². The Morgan fingerprint density at radius 1 is 1.62 bits per heavy atom. The van der Waals surface area contributed by atoms with Crippen LogP contribution in [0.25, 0.3) is 0 Å². The average Bonchev–Trinajstić information content (AvgIpc) is 2.45. The predicted octanol–water partition coefficient (Wildman–Crippen LogP) is 1.84. The van der Waals surface area contributed by atoms with E-state index in [0.717, 1.165) is 13.0 Å². The highest BCUT2D eigenvalue weighted by Gasteiger charge is 2.34. The first kappa shape index (κ1) is 10.7. The lowest BCUT2D eigenvalue weighted by molar-refractivity contribution is 0.0566. The molecule has 0 aromatic heterocycles. The third-order valence-electron chi connectivity index (χ3n) is 2.75. The van der Waals surface area contributed by atoms with Crippen molar-refractivity contribution in [2.24, 2.45) is 17.8 Å². The minimum absolute atomic E-state index is 0.216. The molecule has 0 bridgehead atoms. The van der Waals surface area contributed by atoms with E-state index in [0.29, 0.717) is 11.8 Å². The minimum Gasteiger partial charge on any atom is -0.396 e. The molecule has 2 heteroatoms. The van der Waals surface area contributed by atoms with Crippen LogP contribution in [-0.2, 0) is 4.74 Å². The summed E-state index contributed by atoms with van der Waals surface area (Å²) in [5.41, 5.74) is 0. The van der Waals surface area contributed by atoms with Crippen LogP contribution in [0.1, 0.15) is 20.3 Å². The van der Waals surface area contributed by atoms with Gasteiger partial charge in [0.05, 0.1) is 12.7 Å². The van der Waals surface area contributed by atoms with Gasteiger partial charge in [0.2, 0.25) is 0 Å². The lowest BCUT2D eigenvalue weighted by Crippen LogP contribution is -2.24. The van der Waals surface area contributed by atoms with Crippen LogP contribution in [0.4, 0.5) is 0 Å². The topological polar surface area (TPSA) is 29.5 Å². The molecule has 0 spiro atoms. The van der Waals surface area contributed by atoms with Gasteiger partial charge in [-0.2, -0.15) is 0 Å². The van der Waals surface area contributed by atoms with Gasteiger partial charge in [-0.3, -0.25) is 0 Å². The lowest BCUT2D eigenvalue weighted by Gasteiger charge is -2.20. The molecule has 76 valence electrons. The molecule has 0 unspecified atom stereocenters. The molecule has 0 aromatic carbocycles. The van der Waals surface area contributed by atoms with Crippen molar-refractivity contribution in [3.63, 3.8) is 0 Å². The van der Waals surface area contributed by atoms with E-state index in [1.165, 1.54) is 0 Å². The number of aliphatic hydroxyl groups excluding tert-OH is 1. The Balaban J connectivity index is 2.51. The zero-order valence-electron chi connectivity index (χ0n) is 8.57. The molecule has 2 nitrogen and oxygen atoms in total. The Bertz CT molecular complexity index is 165. The molecular formula is C11H20O2. The van der Waals surface area contributed by atoms with Crippen molar-refractivity contribution in [2.45, 2.75) is 26.4 Å². The smallest absolute Gasteiger partial charge is 0.0634 e. The maximum Gasteiger partial charge on any atom is 0.0634 e. The van der Waals surface area contributed by atoms with E-state index in [4.69, 9.17) is 4.74 Å². The Kier molecular flexibility index (Phi) is 3.94. The summed E-state index contributed by atoms with van der Waals surface area (Å²) in [6.07, 6.45) is 3.17. The number of aliphatic hydroxyl groups is 1. The van der Waals surface area contributed by atoms with E-state index >= 15 is 0 Å². The fourth-order valence-electron chi connectivity index (χ4n) is 1.96. The van der Waals surface area contributed by atoms with Crippen LogP contribution in [0.15, 0.2) is 12.7 Å². The number of ether oxygens (including phenoxy) is 1. The van der Waals surface area contributed by atoms with E-state index in [-0.39, 0.29) is 18.6 Å². The largest absolute Gasteiger partial charge is 0.396 e. The maximum absolute atomic E-state index is 9.22. The summed E-state index contributed by atoms with van der Waals surface area (Å²) < 4.78 is 5.64. The lowest BCUT2D eigenvalue weighted by atomic mass is 9.88. The van der Waals surface area contributed by atoms with Crippen LogP contribution in [0.3, 0.4) is 0 Å². The first-order valence-corrected chi connectivity index (χ1v) is 5.04. The van der Waals surface area contributed by atoms with E-state index in [9.17, 15) is 5.11 Å². The molecule has 1 heterocycles. The van der Waals surface area contributed by atoms with Crippen molar-refractivity contribution < 1.29 is 9.84 Å². The zero-order valence-corrected chi connectivity index (χ0v) is 8.57. The van der Waals surface area contributed by atoms with E-state index in [2.05, 4.69) is 20.4 Å². The summed E-state index contributed by atoms with van der Waals surface area (Å²) >= 11 is 0. The van der Waals surface area contributed by atoms with Gasteiger partial charge in [-0.15, -0.1) is 6.58 Å². The van der Waals surface area contributed by atoms with Gasteiger partial charge in [0.25, 0.3) is 0 Å². The molecule has 0 aromatic rings. The second-order valence-electron chi connectivity index (χ2n) is 4.25. The molecule has 1 saturated heterocycles. The van der Waals surface area contributed by atoms with Crippen molar-refractivity contribution in [3.05, 3.63) is 12.7 Å². The Hall–Kier alpha value is -0.340. The van der Waals surface area contributed by atoms with Crippen molar-refractivity contribution in [1.82, 2.24) is 0 Å². The molecule has 3 atom stereocenters. The Morgan fingerprint density at radius 3 is 2.77 bits per heavy atom. The molecule has 1 N–H and O–H groups in total. The normalized spacial score (nSPS) is 34.0. The standard InChI is InChI=1S/C11H20O2/c1-4-9-7-13-11(5-8(2)3)10(9)6-12/h4,8-12H,1,5-7H2,2-3H3/t9-,10-,11+/m0/s1. The van der Waals surface area contributed by atoms with Crippen molar-refractivity contribution in [1.29, 1.82) is 0 Å². The molecule has 0 radical (unpaired) electrons. The van der Waals surface area contributed by atoms with Crippen LogP contribution in [0.2, 0.25) is 0 Å². The molecule has 0 amide bonds. The quantitative estimate of drug-likeness (QED) is 0.676. The van der Waals surface area contributed by atoms with E-state index in [1.54, 1.807) is 0 Å². The second kappa shape index (κ2) is 4.77. The molecule has 0 saturated carbocycles. The van der Waals surface area contributed by atoms with Crippen LogP contribution in [-0.4, -0.2) is 24.4 Å². The summed E-state index contributed by atoms with van der Waals surface area (Å²) in [4.78, 5) is 0. The molecule has 0 aliphatic carbocycles. The van der Waals surface area contributed by atoms with Gasteiger partial charge in [-0.25, -0.2) is 0 Å². The van der Waals surface area contributed by atoms with Gasteiger partial charge in [0.1, 0.15) is 0 Å². The van der Waals surface area contributed by atoms with Crippen LogP contribution < -0.4 is 0 Å². The molecular weight excluding hydrogens is 164 g/mol. The molecule has 13 heavy (non-hydrogen) atoms. The fraction of sp³-hybridized carbons (Fsp3) is 0.818. The highest BCUT2D eigenvalue weighted by molar-refractivity contribution is 4.93. The van der Waals surface area contributed by atoms with Gasteiger partial charge in [-0.1, -0.05) is 19.9 Å². The first-order valence-electron chi connectivity index (χ1n) is 5.04. The first-order chi connectivity index (χ1) is 6.19. The summed E-state index contributed by atoms with van der Waals surface area (Å²) in [5.74, 6) is 1.23. The fourth-order valence-corrected chi connectivity index (χ4v) is 1.96.